The van der Waals surface area contributed by atoms with E-state index in [-0.39, 0.29) is 23.4 Å². The molecule has 1 atom stereocenters. The van der Waals surface area contributed by atoms with E-state index in [1.54, 1.807) is 0 Å². The Bertz CT molecular complexity index is 611. The molecule has 7 nitrogen and oxygen atoms in total. The molecule has 0 saturated carbocycles. The van der Waals surface area contributed by atoms with E-state index in [2.05, 4.69) is 15.7 Å². The van der Waals surface area contributed by atoms with Crippen LogP contribution in [0.2, 0.25) is 5.02 Å². The molecule has 0 radical (unpaired) electrons. The molecule has 0 bridgehead atoms. The van der Waals surface area contributed by atoms with Gasteiger partial charge in [-0.2, -0.15) is 5.10 Å². The van der Waals surface area contributed by atoms with Crippen molar-refractivity contribution in [1.29, 1.82) is 0 Å². The summed E-state index contributed by atoms with van der Waals surface area (Å²) in [6.07, 6.45) is 2.01. The highest BCUT2D eigenvalue weighted by Crippen LogP contribution is 2.19. The molecular formula is C12H15ClN4O3. The minimum Gasteiger partial charge on any atom is -0.371 e. The molecule has 0 spiro atoms. The molecule has 1 saturated heterocycles. The third kappa shape index (κ3) is 2.82. The number of halogens is 1. The van der Waals surface area contributed by atoms with Gasteiger partial charge in [0.25, 0.3) is 5.56 Å². The standard InChI is InChI=1S/C12H15ClN4O3/c1-6(2)17-12(20)10(13)8(5-14-17)15-7-3-4-9(18)16-11(7)19/h5-7,15H,3-4H2,1-2H3,(H,16,18,19). The zero-order valence-corrected chi connectivity index (χ0v) is 11.9. The van der Waals surface area contributed by atoms with Gasteiger partial charge in [-0.25, -0.2) is 4.68 Å². The van der Waals surface area contributed by atoms with Crippen molar-refractivity contribution in [3.8, 4) is 0 Å². The molecular weight excluding hydrogens is 284 g/mol. The van der Waals surface area contributed by atoms with Crippen molar-refractivity contribution in [3.63, 3.8) is 0 Å². The van der Waals surface area contributed by atoms with E-state index in [1.165, 1.54) is 10.9 Å². The van der Waals surface area contributed by atoms with Crippen LogP contribution in [-0.4, -0.2) is 27.6 Å². The van der Waals surface area contributed by atoms with Crippen molar-refractivity contribution in [3.05, 3.63) is 21.6 Å². The number of imide groups is 1. The first-order valence-corrected chi connectivity index (χ1v) is 6.65. The molecule has 1 aromatic rings. The number of hydrogen-bond donors (Lipinski definition) is 2. The molecule has 2 heterocycles. The Kier molecular flexibility index (Phi) is 4.08. The highest BCUT2D eigenvalue weighted by atomic mass is 35.5. The molecule has 108 valence electrons. The molecule has 0 aliphatic carbocycles. The maximum absolute atomic E-state index is 12.0. The number of piperidine rings is 1. The van der Waals surface area contributed by atoms with Gasteiger partial charge in [0.15, 0.2) is 0 Å². The Hall–Kier alpha value is -1.89. The van der Waals surface area contributed by atoms with E-state index in [0.29, 0.717) is 12.1 Å². The van der Waals surface area contributed by atoms with Crippen LogP contribution in [0, 0.1) is 0 Å². The summed E-state index contributed by atoms with van der Waals surface area (Å²) in [7, 11) is 0. The fraction of sp³-hybridized carbons (Fsp3) is 0.500. The third-order valence-electron chi connectivity index (χ3n) is 3.00. The van der Waals surface area contributed by atoms with Gasteiger partial charge in [-0.05, 0) is 20.3 Å². The maximum atomic E-state index is 12.0. The molecule has 1 aromatic heterocycles. The predicted octanol–water partition coefficient (Wildman–Crippen LogP) is 0.695. The zero-order valence-electron chi connectivity index (χ0n) is 11.1. The van der Waals surface area contributed by atoms with Gasteiger partial charge in [0.2, 0.25) is 11.8 Å². The molecule has 2 rings (SSSR count). The lowest BCUT2D eigenvalue weighted by atomic mass is 10.1. The van der Waals surface area contributed by atoms with Crippen LogP contribution in [-0.2, 0) is 9.59 Å². The number of rotatable bonds is 3. The summed E-state index contributed by atoms with van der Waals surface area (Å²) in [5, 5.41) is 9.07. The molecule has 1 aliphatic heterocycles. The number of aromatic nitrogens is 2. The second-order valence-electron chi connectivity index (χ2n) is 4.86. The molecule has 1 fully saturated rings. The lowest BCUT2D eigenvalue weighted by molar-refractivity contribution is -0.133. The van der Waals surface area contributed by atoms with Gasteiger partial charge in [0.05, 0.1) is 17.9 Å². The van der Waals surface area contributed by atoms with Crippen LogP contribution in [0.25, 0.3) is 0 Å². The Labute approximate surface area is 120 Å². The molecule has 0 aromatic carbocycles. The summed E-state index contributed by atoms with van der Waals surface area (Å²) in [4.78, 5) is 34.7. The van der Waals surface area contributed by atoms with Crippen molar-refractivity contribution < 1.29 is 9.59 Å². The fourth-order valence-electron chi connectivity index (χ4n) is 1.93. The van der Waals surface area contributed by atoms with E-state index in [1.807, 2.05) is 13.8 Å². The smallest absolute Gasteiger partial charge is 0.287 e. The van der Waals surface area contributed by atoms with Crippen molar-refractivity contribution in [2.24, 2.45) is 0 Å². The Morgan fingerprint density at radius 2 is 2.15 bits per heavy atom. The van der Waals surface area contributed by atoms with Gasteiger partial charge < -0.3 is 5.32 Å². The highest BCUT2D eigenvalue weighted by molar-refractivity contribution is 6.33. The summed E-state index contributed by atoms with van der Waals surface area (Å²) < 4.78 is 1.26. The van der Waals surface area contributed by atoms with Crippen molar-refractivity contribution >= 4 is 29.1 Å². The number of nitrogens with zero attached hydrogens (tertiary/aromatic N) is 2. The van der Waals surface area contributed by atoms with Gasteiger partial charge in [-0.3, -0.25) is 19.7 Å². The first-order chi connectivity index (χ1) is 9.40. The Morgan fingerprint density at radius 3 is 2.75 bits per heavy atom. The summed E-state index contributed by atoms with van der Waals surface area (Å²) in [6.45, 7) is 3.63. The fourth-order valence-corrected chi connectivity index (χ4v) is 2.12. The van der Waals surface area contributed by atoms with Gasteiger partial charge in [0.1, 0.15) is 11.1 Å². The largest absolute Gasteiger partial charge is 0.371 e. The second-order valence-corrected chi connectivity index (χ2v) is 5.24. The quantitative estimate of drug-likeness (QED) is 0.801. The van der Waals surface area contributed by atoms with E-state index in [4.69, 9.17) is 11.6 Å². The van der Waals surface area contributed by atoms with Gasteiger partial charge in [-0.15, -0.1) is 0 Å². The molecule has 1 aliphatic rings. The predicted molar refractivity (Wildman–Crippen MR) is 73.7 cm³/mol. The number of nitrogens with one attached hydrogen (secondary N) is 2. The van der Waals surface area contributed by atoms with Gasteiger partial charge >= 0.3 is 0 Å². The number of carbonyl (C=O) groups is 2. The van der Waals surface area contributed by atoms with Gasteiger partial charge in [0, 0.05) is 6.42 Å². The number of anilines is 1. The number of amides is 2. The minimum absolute atomic E-state index is 0.0154. The molecule has 2 N–H and O–H groups in total. The van der Waals surface area contributed by atoms with Crippen LogP contribution >= 0.6 is 11.6 Å². The van der Waals surface area contributed by atoms with Crippen molar-refractivity contribution in [2.45, 2.75) is 38.8 Å². The lowest BCUT2D eigenvalue weighted by Crippen LogP contribution is -2.47. The van der Waals surface area contributed by atoms with Crippen LogP contribution < -0.4 is 16.2 Å². The topological polar surface area (TPSA) is 93.1 Å². The summed E-state index contributed by atoms with van der Waals surface area (Å²) >= 11 is 6.00. The maximum Gasteiger partial charge on any atom is 0.287 e. The normalized spacial score (nSPS) is 19.1. The summed E-state index contributed by atoms with van der Waals surface area (Å²) in [5.74, 6) is -0.724. The zero-order chi connectivity index (χ0) is 14.9. The lowest BCUT2D eigenvalue weighted by Gasteiger charge is -2.23. The van der Waals surface area contributed by atoms with Crippen LogP contribution in [0.4, 0.5) is 5.69 Å². The van der Waals surface area contributed by atoms with Crippen LogP contribution in [0.15, 0.2) is 11.0 Å². The van der Waals surface area contributed by atoms with E-state index < -0.39 is 17.5 Å². The Morgan fingerprint density at radius 1 is 1.45 bits per heavy atom. The minimum atomic E-state index is -0.596. The second kappa shape index (κ2) is 5.62. The first kappa shape index (κ1) is 14.5. The average Bonchev–Trinajstić information content (AvgIpc) is 2.37. The SMILES string of the molecule is CC(C)n1ncc(NC2CCC(=O)NC2=O)c(Cl)c1=O. The van der Waals surface area contributed by atoms with Crippen LogP contribution in [0.3, 0.4) is 0 Å². The summed E-state index contributed by atoms with van der Waals surface area (Å²) in [5.41, 5.74) is -0.123. The molecule has 1 unspecified atom stereocenters. The van der Waals surface area contributed by atoms with Crippen LogP contribution in [0.5, 0.6) is 0 Å². The number of carbonyl (C=O) groups excluding carboxylic acids is 2. The molecule has 8 heteroatoms. The van der Waals surface area contributed by atoms with Crippen molar-refractivity contribution in [2.75, 3.05) is 5.32 Å². The van der Waals surface area contributed by atoms with E-state index >= 15 is 0 Å². The first-order valence-electron chi connectivity index (χ1n) is 6.27. The summed E-state index contributed by atoms with van der Waals surface area (Å²) in [6, 6.07) is -0.703. The number of hydrogen-bond acceptors (Lipinski definition) is 5. The van der Waals surface area contributed by atoms with E-state index in [9.17, 15) is 14.4 Å². The molecule has 20 heavy (non-hydrogen) atoms. The Balaban J connectivity index is 2.22. The van der Waals surface area contributed by atoms with Crippen LogP contribution in [0.1, 0.15) is 32.7 Å². The average molecular weight is 299 g/mol. The third-order valence-corrected chi connectivity index (χ3v) is 3.37. The van der Waals surface area contributed by atoms with E-state index in [0.717, 1.165) is 0 Å². The highest BCUT2D eigenvalue weighted by Gasteiger charge is 2.27. The molecule has 2 amide bonds. The van der Waals surface area contributed by atoms with Gasteiger partial charge in [-0.1, -0.05) is 11.6 Å². The van der Waals surface area contributed by atoms with Crippen molar-refractivity contribution in [1.82, 2.24) is 15.1 Å². The monoisotopic (exact) mass is 298 g/mol.